The Morgan fingerprint density at radius 1 is 1.40 bits per heavy atom. The van der Waals surface area contributed by atoms with Crippen LogP contribution in [0.25, 0.3) is 0 Å². The minimum Gasteiger partial charge on any atom is -0.493 e. The fourth-order valence-corrected chi connectivity index (χ4v) is 1.72. The zero-order valence-electron chi connectivity index (χ0n) is 12.3. The van der Waals surface area contributed by atoms with Gasteiger partial charge in [0.15, 0.2) is 17.7 Å². The van der Waals surface area contributed by atoms with Crippen molar-refractivity contribution in [1.29, 1.82) is 0 Å². The highest BCUT2D eigenvalue weighted by atomic mass is 32.1. The van der Waals surface area contributed by atoms with Gasteiger partial charge in [0.2, 0.25) is 5.11 Å². The summed E-state index contributed by atoms with van der Waals surface area (Å²) in [4.78, 5) is 0. The van der Waals surface area contributed by atoms with Crippen LogP contribution in [0.2, 0.25) is 0 Å². The molecule has 1 aromatic rings. The number of ether oxygens (including phenoxy) is 2. The van der Waals surface area contributed by atoms with Crippen LogP contribution in [-0.4, -0.2) is 31.1 Å². The first kappa shape index (κ1) is 16.2. The van der Waals surface area contributed by atoms with E-state index in [0.29, 0.717) is 10.9 Å². The van der Waals surface area contributed by atoms with E-state index in [0.717, 1.165) is 17.9 Å². The molecule has 0 aliphatic carbocycles. The molecule has 6 heteroatoms. The monoisotopic (exact) mass is 296 g/mol. The minimum absolute atomic E-state index is 0.107. The standard InChI is InChI=1S/C14H21N3O2S/c1-5-15-14(20)17-16-9-11-6-7-12(19-10(2)3)13(8-11)18-4/h6-10H,5H2,1-4H3,(H2,15,17,20)/p+1. The third kappa shape index (κ3) is 5.44. The van der Waals surface area contributed by atoms with Crippen LogP contribution < -0.4 is 25.3 Å². The van der Waals surface area contributed by atoms with E-state index < -0.39 is 0 Å². The molecule has 0 fully saturated rings. The van der Waals surface area contributed by atoms with E-state index in [1.807, 2.05) is 39.0 Å². The van der Waals surface area contributed by atoms with E-state index in [9.17, 15) is 0 Å². The van der Waals surface area contributed by atoms with Gasteiger partial charge in [0.05, 0.1) is 13.2 Å². The minimum atomic E-state index is 0.107. The largest absolute Gasteiger partial charge is 0.493 e. The molecule has 0 heterocycles. The van der Waals surface area contributed by atoms with E-state index in [1.54, 1.807) is 13.3 Å². The molecule has 0 aromatic heterocycles. The first-order valence-electron chi connectivity index (χ1n) is 6.54. The van der Waals surface area contributed by atoms with Gasteiger partial charge in [-0.2, -0.15) is 0 Å². The van der Waals surface area contributed by atoms with Crippen LogP contribution in [0, 0.1) is 0 Å². The van der Waals surface area contributed by atoms with Crippen LogP contribution in [-0.2, 0) is 0 Å². The van der Waals surface area contributed by atoms with Gasteiger partial charge in [0.25, 0.3) is 0 Å². The van der Waals surface area contributed by atoms with E-state index in [1.165, 1.54) is 0 Å². The normalized spacial score (nSPS) is 10.7. The van der Waals surface area contributed by atoms with Crippen molar-refractivity contribution in [1.82, 2.24) is 10.7 Å². The number of rotatable bonds is 6. The molecule has 0 radical (unpaired) electrons. The van der Waals surface area contributed by atoms with E-state index in [2.05, 4.69) is 15.8 Å². The molecule has 0 aliphatic rings. The third-order valence-electron chi connectivity index (χ3n) is 2.31. The molecule has 0 saturated carbocycles. The lowest BCUT2D eigenvalue weighted by Gasteiger charge is -2.13. The molecule has 5 nitrogen and oxygen atoms in total. The van der Waals surface area contributed by atoms with Gasteiger partial charge in [-0.15, -0.1) is 10.5 Å². The van der Waals surface area contributed by atoms with Gasteiger partial charge in [-0.05, 0) is 51.2 Å². The van der Waals surface area contributed by atoms with Gasteiger partial charge >= 0.3 is 0 Å². The van der Waals surface area contributed by atoms with Gasteiger partial charge in [0.1, 0.15) is 0 Å². The molecule has 0 saturated heterocycles. The molecule has 0 unspecified atom stereocenters. The van der Waals surface area contributed by atoms with E-state index in [-0.39, 0.29) is 6.10 Å². The van der Waals surface area contributed by atoms with Gasteiger partial charge < -0.3 is 14.8 Å². The molecule has 0 bridgehead atoms. The summed E-state index contributed by atoms with van der Waals surface area (Å²) in [5.74, 6) is 1.43. The SMILES string of the molecule is CCNC(=S)N[NH+]=Cc1ccc(OC(C)C)c(OC)c1. The lowest BCUT2D eigenvalue weighted by atomic mass is 10.2. The molecular weight excluding hydrogens is 274 g/mol. The molecular formula is C14H22N3O2S+. The maximum atomic E-state index is 5.66. The maximum Gasteiger partial charge on any atom is 0.223 e. The second-order valence-corrected chi connectivity index (χ2v) is 4.76. The summed E-state index contributed by atoms with van der Waals surface area (Å²) in [6.45, 7) is 6.72. The fourth-order valence-electron chi connectivity index (χ4n) is 1.51. The van der Waals surface area contributed by atoms with Crippen LogP contribution in [0.5, 0.6) is 11.5 Å². The van der Waals surface area contributed by atoms with Gasteiger partial charge in [-0.25, -0.2) is 0 Å². The summed E-state index contributed by atoms with van der Waals surface area (Å²) in [6, 6.07) is 5.71. The number of hydrogen-bond acceptors (Lipinski definition) is 3. The highest BCUT2D eigenvalue weighted by Crippen LogP contribution is 2.28. The topological polar surface area (TPSA) is 56.5 Å². The number of hydrogen-bond donors (Lipinski definition) is 3. The van der Waals surface area contributed by atoms with E-state index >= 15 is 0 Å². The number of methoxy groups -OCH3 is 1. The number of hydrazone groups is 1. The van der Waals surface area contributed by atoms with Gasteiger partial charge in [-0.1, -0.05) is 0 Å². The number of thiocarbonyl (C=S) groups is 1. The summed E-state index contributed by atoms with van der Waals surface area (Å²) >= 11 is 5.04. The van der Waals surface area contributed by atoms with Gasteiger partial charge in [-0.3, -0.25) is 0 Å². The summed E-state index contributed by atoms with van der Waals surface area (Å²) < 4.78 is 11.0. The van der Waals surface area contributed by atoms with Crippen molar-refractivity contribution in [3.05, 3.63) is 23.8 Å². The smallest absolute Gasteiger partial charge is 0.223 e. The molecule has 0 atom stereocenters. The second kappa shape index (κ2) is 8.37. The van der Waals surface area contributed by atoms with Crippen LogP contribution in [0.15, 0.2) is 18.2 Å². The van der Waals surface area contributed by atoms with Crippen molar-refractivity contribution in [2.24, 2.45) is 0 Å². The van der Waals surface area contributed by atoms with Crippen LogP contribution >= 0.6 is 12.2 Å². The number of nitrogens with one attached hydrogen (secondary N) is 3. The summed E-state index contributed by atoms with van der Waals surface area (Å²) in [5.41, 5.74) is 3.81. The van der Waals surface area contributed by atoms with Crippen molar-refractivity contribution in [2.45, 2.75) is 26.9 Å². The molecule has 0 aliphatic heterocycles. The van der Waals surface area contributed by atoms with Crippen LogP contribution in [0.3, 0.4) is 0 Å². The predicted octanol–water partition coefficient (Wildman–Crippen LogP) is 0.381. The lowest BCUT2D eigenvalue weighted by molar-refractivity contribution is -0.500. The average Bonchev–Trinajstić information content (AvgIpc) is 2.40. The third-order valence-corrected chi connectivity index (χ3v) is 2.56. The molecule has 3 N–H and O–H groups in total. The van der Waals surface area contributed by atoms with Crippen molar-refractivity contribution in [2.75, 3.05) is 13.7 Å². The Bertz CT molecular complexity index is 475. The summed E-state index contributed by atoms with van der Waals surface area (Å²) in [6.07, 6.45) is 1.90. The highest BCUT2D eigenvalue weighted by Gasteiger charge is 2.07. The number of hydrazine groups is 1. The van der Waals surface area contributed by atoms with Crippen LogP contribution in [0.1, 0.15) is 26.3 Å². The predicted molar refractivity (Wildman–Crippen MR) is 84.3 cm³/mol. The van der Waals surface area contributed by atoms with E-state index in [4.69, 9.17) is 21.7 Å². The Morgan fingerprint density at radius 3 is 2.75 bits per heavy atom. The van der Waals surface area contributed by atoms with Crippen molar-refractivity contribution in [3.63, 3.8) is 0 Å². The molecule has 110 valence electrons. The van der Waals surface area contributed by atoms with Crippen LogP contribution in [0.4, 0.5) is 0 Å². The van der Waals surface area contributed by atoms with Crippen molar-refractivity contribution in [3.8, 4) is 11.5 Å². The second-order valence-electron chi connectivity index (χ2n) is 4.35. The summed E-state index contributed by atoms with van der Waals surface area (Å²) in [5, 5.41) is 6.45. The number of benzene rings is 1. The zero-order valence-corrected chi connectivity index (χ0v) is 13.1. The van der Waals surface area contributed by atoms with Crippen molar-refractivity contribution < 1.29 is 14.6 Å². The quantitative estimate of drug-likeness (QED) is 0.403. The lowest BCUT2D eigenvalue weighted by Crippen LogP contribution is -2.82. The first-order chi connectivity index (χ1) is 9.56. The molecule has 0 amide bonds. The maximum absolute atomic E-state index is 5.66. The fraction of sp³-hybridized carbons (Fsp3) is 0.429. The molecule has 1 rings (SSSR count). The Labute approximate surface area is 125 Å². The average molecular weight is 296 g/mol. The first-order valence-corrected chi connectivity index (χ1v) is 6.95. The molecule has 0 spiro atoms. The highest BCUT2D eigenvalue weighted by molar-refractivity contribution is 7.80. The Kier molecular flexibility index (Phi) is 6.79. The van der Waals surface area contributed by atoms with Gasteiger partial charge in [0, 0.05) is 12.1 Å². The summed E-state index contributed by atoms with van der Waals surface area (Å²) in [7, 11) is 1.62. The zero-order chi connectivity index (χ0) is 15.0. The Hall–Kier alpha value is -1.82. The van der Waals surface area contributed by atoms with Crippen molar-refractivity contribution >= 4 is 23.5 Å². The Morgan fingerprint density at radius 2 is 2.15 bits per heavy atom. The molecule has 1 aromatic carbocycles. The Balaban J connectivity index is 2.72. The molecule has 20 heavy (non-hydrogen) atoms.